The third kappa shape index (κ3) is 4.13. The van der Waals surface area contributed by atoms with E-state index in [-0.39, 0.29) is 5.91 Å². The van der Waals surface area contributed by atoms with Crippen molar-refractivity contribution in [1.29, 1.82) is 0 Å². The molecule has 0 aliphatic carbocycles. The molecular weight excluding hydrogens is 264 g/mol. The number of nitrogens with zero attached hydrogens (tertiary/aromatic N) is 1. The molecule has 1 aromatic rings. The van der Waals surface area contributed by atoms with Gasteiger partial charge in [0.15, 0.2) is 0 Å². The quantitative estimate of drug-likeness (QED) is 0.867. The first-order chi connectivity index (χ1) is 9.99. The number of ether oxygens (including phenoxy) is 1. The number of hydrogen-bond donors (Lipinski definition) is 1. The highest BCUT2D eigenvalue weighted by Crippen LogP contribution is 2.24. The van der Waals surface area contributed by atoms with Crippen LogP contribution in [-0.4, -0.2) is 31.0 Å². The zero-order valence-electron chi connectivity index (χ0n) is 13.3. The Bertz CT molecular complexity index is 492. The van der Waals surface area contributed by atoms with Gasteiger partial charge in [-0.25, -0.2) is 0 Å². The SMILES string of the molecule is COc1ccc(CCC(=O)N2CC(C)CC(C)C2)cc1N. The van der Waals surface area contributed by atoms with E-state index in [1.165, 1.54) is 6.42 Å². The number of aryl methyl sites for hydroxylation is 1. The second-order valence-electron chi connectivity index (χ2n) is 6.32. The Morgan fingerprint density at radius 1 is 1.33 bits per heavy atom. The molecule has 2 rings (SSSR count). The van der Waals surface area contributed by atoms with Crippen molar-refractivity contribution in [2.24, 2.45) is 11.8 Å². The second kappa shape index (κ2) is 6.83. The van der Waals surface area contributed by atoms with Crippen LogP contribution in [0.1, 0.15) is 32.3 Å². The van der Waals surface area contributed by atoms with Gasteiger partial charge < -0.3 is 15.4 Å². The molecule has 0 spiro atoms. The molecule has 116 valence electrons. The number of methoxy groups -OCH3 is 1. The molecule has 1 amide bonds. The van der Waals surface area contributed by atoms with Gasteiger partial charge in [0, 0.05) is 19.5 Å². The van der Waals surface area contributed by atoms with Gasteiger partial charge in [0.1, 0.15) is 5.75 Å². The summed E-state index contributed by atoms with van der Waals surface area (Å²) in [6.07, 6.45) is 2.50. The minimum atomic E-state index is 0.253. The maximum Gasteiger partial charge on any atom is 0.222 e. The largest absolute Gasteiger partial charge is 0.495 e. The van der Waals surface area contributed by atoms with Gasteiger partial charge in [0.25, 0.3) is 0 Å². The molecule has 1 saturated heterocycles. The van der Waals surface area contributed by atoms with E-state index in [2.05, 4.69) is 13.8 Å². The highest BCUT2D eigenvalue weighted by Gasteiger charge is 2.24. The van der Waals surface area contributed by atoms with E-state index in [9.17, 15) is 4.79 Å². The van der Waals surface area contributed by atoms with Crippen LogP contribution in [0, 0.1) is 11.8 Å². The fourth-order valence-corrected chi connectivity index (χ4v) is 3.22. The van der Waals surface area contributed by atoms with Crippen molar-refractivity contribution < 1.29 is 9.53 Å². The summed E-state index contributed by atoms with van der Waals surface area (Å²) in [5.74, 6) is 2.15. The molecule has 1 aliphatic heterocycles. The average Bonchev–Trinajstić information content (AvgIpc) is 2.43. The van der Waals surface area contributed by atoms with Crippen molar-refractivity contribution >= 4 is 11.6 Å². The lowest BCUT2D eigenvalue weighted by Gasteiger charge is -2.35. The Kier molecular flexibility index (Phi) is 5.10. The minimum Gasteiger partial charge on any atom is -0.495 e. The Balaban J connectivity index is 1.90. The minimum absolute atomic E-state index is 0.253. The molecule has 0 saturated carbocycles. The molecule has 1 fully saturated rings. The second-order valence-corrected chi connectivity index (χ2v) is 6.32. The topological polar surface area (TPSA) is 55.6 Å². The summed E-state index contributed by atoms with van der Waals surface area (Å²) in [4.78, 5) is 14.4. The van der Waals surface area contributed by atoms with Crippen LogP contribution in [0.5, 0.6) is 5.75 Å². The van der Waals surface area contributed by atoms with Gasteiger partial charge in [-0.3, -0.25) is 4.79 Å². The monoisotopic (exact) mass is 290 g/mol. The average molecular weight is 290 g/mol. The fraction of sp³-hybridized carbons (Fsp3) is 0.588. The van der Waals surface area contributed by atoms with Crippen molar-refractivity contribution in [2.75, 3.05) is 25.9 Å². The van der Waals surface area contributed by atoms with Gasteiger partial charge in [0.05, 0.1) is 12.8 Å². The summed E-state index contributed by atoms with van der Waals surface area (Å²) in [7, 11) is 1.60. The zero-order chi connectivity index (χ0) is 15.4. The molecule has 0 bridgehead atoms. The van der Waals surface area contributed by atoms with Crippen LogP contribution in [0.15, 0.2) is 18.2 Å². The molecule has 1 aliphatic rings. The number of carbonyl (C=O) groups is 1. The van der Waals surface area contributed by atoms with Crippen LogP contribution in [0.4, 0.5) is 5.69 Å². The summed E-state index contributed by atoms with van der Waals surface area (Å²) < 4.78 is 5.14. The lowest BCUT2D eigenvalue weighted by atomic mass is 9.91. The van der Waals surface area contributed by atoms with E-state index in [4.69, 9.17) is 10.5 Å². The van der Waals surface area contributed by atoms with Crippen LogP contribution < -0.4 is 10.5 Å². The number of hydrogen-bond acceptors (Lipinski definition) is 3. The van der Waals surface area contributed by atoms with Crippen LogP contribution >= 0.6 is 0 Å². The standard InChI is InChI=1S/C17H26N2O2/c1-12-8-13(2)11-19(10-12)17(20)7-5-14-4-6-16(21-3)15(18)9-14/h4,6,9,12-13H,5,7-8,10-11,18H2,1-3H3. The van der Waals surface area contributed by atoms with Gasteiger partial charge in [-0.05, 0) is 42.4 Å². The number of anilines is 1. The van der Waals surface area contributed by atoms with Crippen LogP contribution in [0.2, 0.25) is 0 Å². The van der Waals surface area contributed by atoms with E-state index >= 15 is 0 Å². The third-order valence-electron chi connectivity index (χ3n) is 4.14. The van der Waals surface area contributed by atoms with Gasteiger partial charge in [-0.2, -0.15) is 0 Å². The van der Waals surface area contributed by atoms with Crippen molar-refractivity contribution in [3.8, 4) is 5.75 Å². The summed E-state index contributed by atoms with van der Waals surface area (Å²) in [5, 5.41) is 0. The fourth-order valence-electron chi connectivity index (χ4n) is 3.22. The van der Waals surface area contributed by atoms with E-state index in [1.54, 1.807) is 7.11 Å². The lowest BCUT2D eigenvalue weighted by molar-refractivity contribution is -0.133. The molecule has 1 heterocycles. The smallest absolute Gasteiger partial charge is 0.222 e. The molecule has 0 aromatic heterocycles. The highest BCUT2D eigenvalue weighted by atomic mass is 16.5. The molecule has 4 nitrogen and oxygen atoms in total. The number of nitrogen functional groups attached to an aromatic ring is 1. The first-order valence-electron chi connectivity index (χ1n) is 7.69. The molecule has 2 N–H and O–H groups in total. The molecule has 0 radical (unpaired) electrons. The number of nitrogens with two attached hydrogens (primary N) is 1. The number of amides is 1. The summed E-state index contributed by atoms with van der Waals surface area (Å²) in [6, 6.07) is 5.73. The maximum atomic E-state index is 12.3. The Labute approximate surface area is 127 Å². The molecule has 1 aromatic carbocycles. The predicted octanol–water partition coefficient (Wildman–Crippen LogP) is 2.71. The summed E-state index contributed by atoms with van der Waals surface area (Å²) >= 11 is 0. The van der Waals surface area contributed by atoms with Crippen LogP contribution in [0.3, 0.4) is 0 Å². The van der Waals surface area contributed by atoms with E-state index in [0.29, 0.717) is 29.7 Å². The third-order valence-corrected chi connectivity index (χ3v) is 4.14. The van der Waals surface area contributed by atoms with E-state index in [0.717, 1.165) is 25.1 Å². The van der Waals surface area contributed by atoms with E-state index < -0.39 is 0 Å². The van der Waals surface area contributed by atoms with Crippen LogP contribution in [0.25, 0.3) is 0 Å². The number of benzene rings is 1. The maximum absolute atomic E-state index is 12.3. The number of likely N-dealkylation sites (tertiary alicyclic amines) is 1. The number of carbonyl (C=O) groups excluding carboxylic acids is 1. The van der Waals surface area contributed by atoms with Crippen LogP contribution in [-0.2, 0) is 11.2 Å². The summed E-state index contributed by atoms with van der Waals surface area (Å²) in [5.41, 5.74) is 7.61. The van der Waals surface area contributed by atoms with Gasteiger partial charge >= 0.3 is 0 Å². The normalized spacial score (nSPS) is 22.1. The van der Waals surface area contributed by atoms with Crippen molar-refractivity contribution in [3.05, 3.63) is 23.8 Å². The van der Waals surface area contributed by atoms with E-state index in [1.807, 2.05) is 23.1 Å². The Morgan fingerprint density at radius 3 is 2.57 bits per heavy atom. The first-order valence-corrected chi connectivity index (χ1v) is 7.69. The lowest BCUT2D eigenvalue weighted by Crippen LogP contribution is -2.42. The predicted molar refractivity (Wildman–Crippen MR) is 85.3 cm³/mol. The molecular formula is C17H26N2O2. The molecule has 2 unspecified atom stereocenters. The number of rotatable bonds is 4. The molecule has 2 atom stereocenters. The first kappa shape index (κ1) is 15.7. The Hall–Kier alpha value is -1.71. The summed E-state index contributed by atoms with van der Waals surface area (Å²) in [6.45, 7) is 6.24. The molecule has 4 heteroatoms. The number of piperidine rings is 1. The van der Waals surface area contributed by atoms with Crippen molar-refractivity contribution in [3.63, 3.8) is 0 Å². The van der Waals surface area contributed by atoms with Crippen molar-refractivity contribution in [2.45, 2.75) is 33.1 Å². The van der Waals surface area contributed by atoms with Gasteiger partial charge in [0.2, 0.25) is 5.91 Å². The van der Waals surface area contributed by atoms with Crippen molar-refractivity contribution in [1.82, 2.24) is 4.90 Å². The molecule has 21 heavy (non-hydrogen) atoms. The zero-order valence-corrected chi connectivity index (χ0v) is 13.3. The highest BCUT2D eigenvalue weighted by molar-refractivity contribution is 5.76. The Morgan fingerprint density at radius 2 is 2.00 bits per heavy atom. The van der Waals surface area contributed by atoms with Gasteiger partial charge in [-0.1, -0.05) is 19.9 Å². The van der Waals surface area contributed by atoms with Gasteiger partial charge in [-0.15, -0.1) is 0 Å².